The summed E-state index contributed by atoms with van der Waals surface area (Å²) in [5.41, 5.74) is 1.07. The van der Waals surface area contributed by atoms with Gasteiger partial charge >= 0.3 is 11.9 Å². The van der Waals surface area contributed by atoms with Gasteiger partial charge in [-0.2, -0.15) is 5.26 Å². The summed E-state index contributed by atoms with van der Waals surface area (Å²) < 4.78 is 10.6. The molecule has 0 N–H and O–H groups in total. The van der Waals surface area contributed by atoms with Crippen LogP contribution in [0.3, 0.4) is 0 Å². The molecule has 0 aromatic heterocycles. The van der Waals surface area contributed by atoms with Crippen molar-refractivity contribution in [1.82, 2.24) is 0 Å². The van der Waals surface area contributed by atoms with Gasteiger partial charge in [0.1, 0.15) is 5.75 Å². The Bertz CT molecular complexity index is 837. The second-order valence-corrected chi connectivity index (χ2v) is 6.86. The summed E-state index contributed by atoms with van der Waals surface area (Å²) in [7, 11) is 0. The summed E-state index contributed by atoms with van der Waals surface area (Å²) in [6.45, 7) is 2.58. The van der Waals surface area contributed by atoms with E-state index in [1.165, 1.54) is 31.7 Å². The molecule has 0 bridgehead atoms. The molecule has 0 aliphatic rings. The van der Waals surface area contributed by atoms with Crippen LogP contribution in [0, 0.1) is 11.3 Å². The lowest BCUT2D eigenvalue weighted by molar-refractivity contribution is 0.0497. The fourth-order valence-corrected chi connectivity index (χ4v) is 2.84. The standard InChI is InChI=1S/C24H27NO4/c1-2-3-4-5-6-7-8-16-28-23(26)20-10-9-11-21(17-20)24(27)29-22-14-12-19(18-25)13-15-22/h9-15,17H,2-8,16H2,1H3. The van der Waals surface area contributed by atoms with Crippen molar-refractivity contribution in [3.63, 3.8) is 0 Å². The summed E-state index contributed by atoms with van der Waals surface area (Å²) in [6.07, 6.45) is 8.06. The van der Waals surface area contributed by atoms with E-state index in [1.54, 1.807) is 42.5 Å². The van der Waals surface area contributed by atoms with E-state index < -0.39 is 11.9 Å². The minimum Gasteiger partial charge on any atom is -0.462 e. The van der Waals surface area contributed by atoms with Crippen LogP contribution in [0.2, 0.25) is 0 Å². The van der Waals surface area contributed by atoms with Crippen LogP contribution in [0.15, 0.2) is 48.5 Å². The molecule has 0 heterocycles. The quantitative estimate of drug-likeness (QED) is 0.279. The van der Waals surface area contributed by atoms with Gasteiger partial charge in [-0.1, -0.05) is 51.5 Å². The van der Waals surface area contributed by atoms with E-state index in [9.17, 15) is 9.59 Å². The Morgan fingerprint density at radius 2 is 1.48 bits per heavy atom. The van der Waals surface area contributed by atoms with Crippen LogP contribution in [0.1, 0.15) is 78.1 Å². The third-order valence-corrected chi connectivity index (χ3v) is 4.51. The fourth-order valence-electron chi connectivity index (χ4n) is 2.84. The van der Waals surface area contributed by atoms with Gasteiger partial charge in [-0.15, -0.1) is 0 Å². The fraction of sp³-hybridized carbons (Fsp3) is 0.375. The van der Waals surface area contributed by atoms with Crippen LogP contribution in [0.5, 0.6) is 5.75 Å². The summed E-state index contributed by atoms with van der Waals surface area (Å²) >= 11 is 0. The second-order valence-electron chi connectivity index (χ2n) is 6.86. The minimum absolute atomic E-state index is 0.264. The number of unbranched alkanes of at least 4 members (excludes halogenated alkanes) is 6. The van der Waals surface area contributed by atoms with E-state index >= 15 is 0 Å². The number of nitriles is 1. The largest absolute Gasteiger partial charge is 0.462 e. The molecule has 2 rings (SSSR count). The number of esters is 2. The zero-order valence-electron chi connectivity index (χ0n) is 16.9. The predicted octanol–water partition coefficient (Wildman–Crippen LogP) is 5.68. The first-order valence-corrected chi connectivity index (χ1v) is 10.1. The van der Waals surface area contributed by atoms with Gasteiger partial charge in [-0.25, -0.2) is 9.59 Å². The predicted molar refractivity (Wildman–Crippen MR) is 111 cm³/mol. The number of ether oxygens (including phenoxy) is 2. The number of carbonyl (C=O) groups is 2. The average Bonchev–Trinajstić information content (AvgIpc) is 2.76. The third-order valence-electron chi connectivity index (χ3n) is 4.51. The first kappa shape index (κ1) is 22.2. The lowest BCUT2D eigenvalue weighted by Gasteiger charge is -2.07. The van der Waals surface area contributed by atoms with Crippen LogP contribution < -0.4 is 4.74 Å². The monoisotopic (exact) mass is 393 g/mol. The van der Waals surface area contributed by atoms with Gasteiger partial charge in [-0.05, 0) is 48.9 Å². The van der Waals surface area contributed by atoms with Crippen molar-refractivity contribution in [2.24, 2.45) is 0 Å². The van der Waals surface area contributed by atoms with Gasteiger partial charge in [0.2, 0.25) is 0 Å². The molecule has 0 saturated carbocycles. The number of nitrogens with zero attached hydrogens (tertiary/aromatic N) is 1. The van der Waals surface area contributed by atoms with E-state index in [-0.39, 0.29) is 5.56 Å². The molecule has 0 spiro atoms. The normalized spacial score (nSPS) is 10.2. The zero-order chi connectivity index (χ0) is 20.9. The molecule has 0 radical (unpaired) electrons. The third kappa shape index (κ3) is 7.79. The number of carbonyl (C=O) groups excluding carboxylic acids is 2. The highest BCUT2D eigenvalue weighted by atomic mass is 16.5. The summed E-state index contributed by atoms with van der Waals surface area (Å²) in [5.74, 6) is -0.679. The Kier molecular flexibility index (Phi) is 9.44. The summed E-state index contributed by atoms with van der Waals surface area (Å²) in [6, 6.07) is 14.5. The van der Waals surface area contributed by atoms with E-state index in [4.69, 9.17) is 14.7 Å². The van der Waals surface area contributed by atoms with E-state index in [1.807, 2.05) is 6.07 Å². The molecular formula is C24H27NO4. The number of hydrogen-bond donors (Lipinski definition) is 0. The minimum atomic E-state index is -0.573. The van der Waals surface area contributed by atoms with E-state index in [2.05, 4.69) is 6.92 Å². The van der Waals surface area contributed by atoms with Gasteiger partial charge in [0.15, 0.2) is 0 Å². The van der Waals surface area contributed by atoms with Gasteiger partial charge in [0, 0.05) is 0 Å². The van der Waals surface area contributed by atoms with Crippen LogP contribution in [-0.4, -0.2) is 18.5 Å². The maximum atomic E-state index is 12.3. The van der Waals surface area contributed by atoms with Crippen LogP contribution >= 0.6 is 0 Å². The summed E-state index contributed by atoms with van der Waals surface area (Å²) in [4.78, 5) is 24.5. The molecule has 2 aromatic rings. The second kappa shape index (κ2) is 12.4. The molecule has 0 fully saturated rings. The summed E-state index contributed by atoms with van der Waals surface area (Å²) in [5, 5.41) is 8.80. The van der Waals surface area contributed by atoms with Gasteiger partial charge in [0.25, 0.3) is 0 Å². The van der Waals surface area contributed by atoms with Crippen LogP contribution in [-0.2, 0) is 4.74 Å². The van der Waals surface area contributed by atoms with Crippen molar-refractivity contribution in [3.05, 3.63) is 65.2 Å². The van der Waals surface area contributed by atoms with Crippen molar-refractivity contribution >= 4 is 11.9 Å². The van der Waals surface area contributed by atoms with E-state index in [0.29, 0.717) is 23.5 Å². The first-order chi connectivity index (χ1) is 14.1. The number of benzene rings is 2. The Labute approximate surface area is 172 Å². The van der Waals surface area contributed by atoms with Crippen molar-refractivity contribution < 1.29 is 19.1 Å². The zero-order valence-corrected chi connectivity index (χ0v) is 16.9. The van der Waals surface area contributed by atoms with Gasteiger partial charge in [-0.3, -0.25) is 0 Å². The van der Waals surface area contributed by atoms with Crippen molar-refractivity contribution in [2.75, 3.05) is 6.61 Å². The van der Waals surface area contributed by atoms with Crippen molar-refractivity contribution in [2.45, 2.75) is 51.9 Å². The Morgan fingerprint density at radius 3 is 2.14 bits per heavy atom. The smallest absolute Gasteiger partial charge is 0.343 e. The van der Waals surface area contributed by atoms with E-state index in [0.717, 1.165) is 19.3 Å². The molecular weight excluding hydrogens is 366 g/mol. The average molecular weight is 393 g/mol. The SMILES string of the molecule is CCCCCCCCCOC(=O)c1cccc(C(=O)Oc2ccc(C#N)cc2)c1. The molecule has 5 nitrogen and oxygen atoms in total. The maximum Gasteiger partial charge on any atom is 0.343 e. The molecule has 0 atom stereocenters. The molecule has 152 valence electrons. The number of rotatable bonds is 11. The highest BCUT2D eigenvalue weighted by Crippen LogP contribution is 2.15. The highest BCUT2D eigenvalue weighted by Gasteiger charge is 2.13. The van der Waals surface area contributed by atoms with Crippen molar-refractivity contribution in [3.8, 4) is 11.8 Å². The first-order valence-electron chi connectivity index (χ1n) is 10.1. The molecule has 29 heavy (non-hydrogen) atoms. The Morgan fingerprint density at radius 1 is 0.862 bits per heavy atom. The van der Waals surface area contributed by atoms with Gasteiger partial charge in [0.05, 0.1) is 29.4 Å². The highest BCUT2D eigenvalue weighted by molar-refractivity contribution is 5.96. The number of hydrogen-bond acceptors (Lipinski definition) is 5. The topological polar surface area (TPSA) is 76.4 Å². The lowest BCUT2D eigenvalue weighted by Crippen LogP contribution is -2.11. The molecule has 5 heteroatoms. The molecule has 0 unspecified atom stereocenters. The molecule has 2 aromatic carbocycles. The lowest BCUT2D eigenvalue weighted by atomic mass is 10.1. The molecule has 0 saturated heterocycles. The van der Waals surface area contributed by atoms with Crippen LogP contribution in [0.4, 0.5) is 0 Å². The van der Waals surface area contributed by atoms with Crippen LogP contribution in [0.25, 0.3) is 0 Å². The Hall–Kier alpha value is -3.13. The molecule has 0 aliphatic heterocycles. The van der Waals surface area contributed by atoms with Gasteiger partial charge < -0.3 is 9.47 Å². The Balaban J connectivity index is 1.80. The van der Waals surface area contributed by atoms with Crippen molar-refractivity contribution in [1.29, 1.82) is 5.26 Å². The maximum absolute atomic E-state index is 12.3. The molecule has 0 amide bonds. The molecule has 0 aliphatic carbocycles.